The normalized spacial score (nSPS) is 10.5. The molecule has 0 aliphatic rings. The summed E-state index contributed by atoms with van der Waals surface area (Å²) in [6.07, 6.45) is 21.9. The molecule has 0 aliphatic heterocycles. The van der Waals surface area contributed by atoms with Crippen LogP contribution in [0.4, 0.5) is 0 Å². The van der Waals surface area contributed by atoms with Gasteiger partial charge in [-0.05, 0) is 0 Å². The van der Waals surface area contributed by atoms with E-state index in [0.717, 1.165) is 12.8 Å². The van der Waals surface area contributed by atoms with E-state index in [-0.39, 0.29) is 41.7 Å². The molecular weight excluding hydrogens is 370 g/mol. The molecule has 0 atom stereocenters. The maximum absolute atomic E-state index is 7.07. The van der Waals surface area contributed by atoms with Crippen LogP contribution in [-0.2, 0) is 0 Å². The molecule has 1 N–H and O–H groups in total. The third-order valence-electron chi connectivity index (χ3n) is 3.93. The van der Waals surface area contributed by atoms with Crippen molar-refractivity contribution in [2.45, 2.75) is 103 Å². The molecule has 0 saturated heterocycles. The Labute approximate surface area is 162 Å². The van der Waals surface area contributed by atoms with E-state index in [2.05, 4.69) is 6.92 Å². The Hall–Kier alpha value is 1.34. The van der Waals surface area contributed by atoms with E-state index >= 15 is 0 Å². The van der Waals surface area contributed by atoms with Gasteiger partial charge in [0.15, 0.2) is 0 Å². The van der Waals surface area contributed by atoms with Crippen molar-refractivity contribution in [1.29, 1.82) is 0 Å². The average Bonchev–Trinajstić information content (AvgIpc) is 2.43. The molecule has 0 spiro atoms. The van der Waals surface area contributed by atoms with Gasteiger partial charge in [0.05, 0.1) is 0 Å². The number of nitrogens with one attached hydrogen (secondary N) is 1. The fourth-order valence-electron chi connectivity index (χ4n) is 2.60. The van der Waals surface area contributed by atoms with Gasteiger partial charge in [0.2, 0.25) is 0 Å². The van der Waals surface area contributed by atoms with Crippen molar-refractivity contribution >= 4 is 0 Å². The van der Waals surface area contributed by atoms with Gasteiger partial charge in [0.1, 0.15) is 0 Å². The van der Waals surface area contributed by atoms with Gasteiger partial charge in [0, 0.05) is 41.7 Å². The summed E-state index contributed by atoms with van der Waals surface area (Å²) < 4.78 is 0. The van der Waals surface area contributed by atoms with Crippen molar-refractivity contribution < 1.29 is 41.7 Å². The summed E-state index contributed by atoms with van der Waals surface area (Å²) in [5.41, 5.74) is 7.07. The van der Waals surface area contributed by atoms with Crippen LogP contribution in [0.15, 0.2) is 0 Å². The predicted molar refractivity (Wildman–Crippen MR) is 88.4 cm³/mol. The van der Waals surface area contributed by atoms with Crippen molar-refractivity contribution in [2.24, 2.45) is 0 Å². The first-order chi connectivity index (χ1) is 9.41. The molecule has 0 bridgehead atoms. The van der Waals surface area contributed by atoms with Crippen molar-refractivity contribution in [3.8, 4) is 0 Å². The molecule has 20 heavy (non-hydrogen) atoms. The smallest absolute Gasteiger partial charge is 0 e. The van der Waals surface area contributed by atoms with Gasteiger partial charge in [-0.2, -0.15) is 13.0 Å². The Morgan fingerprint density at radius 3 is 0.950 bits per heavy atom. The predicted octanol–water partition coefficient (Wildman–Crippen LogP) is 7.11. The standard InChI is InChI=1S/C18H37N.Ce/c1-2-3-4-5-6-7-8-9-10-11-12-13-14-15-16-17-18-19;/h19H,1-18H2;/q-2;. The molecule has 0 unspecified atom stereocenters. The molecule has 0 fully saturated rings. The minimum absolute atomic E-state index is 0. The van der Waals surface area contributed by atoms with Crippen molar-refractivity contribution in [3.05, 3.63) is 12.7 Å². The van der Waals surface area contributed by atoms with Gasteiger partial charge in [-0.3, -0.25) is 0 Å². The number of hydrogen-bond acceptors (Lipinski definition) is 0. The Morgan fingerprint density at radius 1 is 0.450 bits per heavy atom. The maximum atomic E-state index is 7.07. The summed E-state index contributed by atoms with van der Waals surface area (Å²) in [6.45, 7) is 4.50. The van der Waals surface area contributed by atoms with E-state index in [9.17, 15) is 0 Å². The Kier molecular flexibility index (Phi) is 26.7. The van der Waals surface area contributed by atoms with E-state index in [4.69, 9.17) is 5.73 Å². The van der Waals surface area contributed by atoms with Gasteiger partial charge >= 0.3 is 0 Å². The minimum Gasteiger partial charge on any atom is -0.677 e. The third-order valence-corrected chi connectivity index (χ3v) is 3.93. The molecule has 0 amide bonds. The monoisotopic (exact) mass is 407 g/mol. The Bertz CT molecular complexity index is 134. The van der Waals surface area contributed by atoms with Crippen LogP contribution in [0.2, 0.25) is 0 Å². The second kappa shape index (κ2) is 22.6. The van der Waals surface area contributed by atoms with E-state index in [1.807, 2.05) is 0 Å². The first-order valence-electron chi connectivity index (χ1n) is 8.85. The summed E-state index contributed by atoms with van der Waals surface area (Å²) in [5.74, 6) is 0. The van der Waals surface area contributed by atoms with Crippen LogP contribution >= 0.6 is 0 Å². The van der Waals surface area contributed by atoms with Crippen molar-refractivity contribution in [1.82, 2.24) is 0 Å². The molecule has 0 aromatic rings. The number of unbranched alkanes of at least 4 members (excludes halogenated alkanes) is 15. The molecule has 0 aromatic carbocycles. The van der Waals surface area contributed by atoms with Crippen LogP contribution in [0.3, 0.4) is 0 Å². The van der Waals surface area contributed by atoms with Crippen LogP contribution in [0.5, 0.6) is 0 Å². The Balaban J connectivity index is 0. The molecule has 0 heterocycles. The van der Waals surface area contributed by atoms with E-state index in [1.165, 1.54) is 89.9 Å². The molecule has 0 aromatic heterocycles. The van der Waals surface area contributed by atoms with E-state index in [1.54, 1.807) is 0 Å². The number of rotatable bonds is 16. The molecule has 2 heteroatoms. The molecule has 0 aliphatic carbocycles. The quantitative estimate of drug-likeness (QED) is 0.192. The zero-order chi connectivity index (χ0) is 14.0. The van der Waals surface area contributed by atoms with Crippen LogP contribution in [0, 0.1) is 48.7 Å². The third kappa shape index (κ3) is 21.6. The molecule has 0 rings (SSSR count). The van der Waals surface area contributed by atoms with Gasteiger partial charge < -0.3 is 12.7 Å². The Morgan fingerprint density at radius 2 is 0.700 bits per heavy atom. The summed E-state index contributed by atoms with van der Waals surface area (Å²) in [6, 6.07) is 0. The van der Waals surface area contributed by atoms with E-state index < -0.39 is 0 Å². The van der Waals surface area contributed by atoms with Crippen LogP contribution in [0.25, 0.3) is 5.73 Å². The summed E-state index contributed by atoms with van der Waals surface area (Å²) in [7, 11) is 0. The fraction of sp³-hybridized carbons (Fsp3) is 0.944. The zero-order valence-electron chi connectivity index (χ0n) is 13.7. The molecule has 0 radical (unpaired) electrons. The molecular formula is C18H37CeN-2. The SMILES string of the molecule is [CH2-]CCCCCCCCCCCCCCCCC[NH-].[Ce]. The second-order valence-electron chi connectivity index (χ2n) is 5.91. The van der Waals surface area contributed by atoms with Crippen molar-refractivity contribution in [2.75, 3.05) is 6.54 Å². The van der Waals surface area contributed by atoms with Gasteiger partial charge in [-0.15, -0.1) is 0 Å². The van der Waals surface area contributed by atoms with Crippen molar-refractivity contribution in [3.63, 3.8) is 0 Å². The first kappa shape index (κ1) is 23.6. The van der Waals surface area contributed by atoms with Gasteiger partial charge in [-0.25, -0.2) is 0 Å². The summed E-state index contributed by atoms with van der Waals surface area (Å²) in [4.78, 5) is 0. The fourth-order valence-corrected chi connectivity index (χ4v) is 2.60. The van der Waals surface area contributed by atoms with Crippen LogP contribution in [0.1, 0.15) is 103 Å². The summed E-state index contributed by atoms with van der Waals surface area (Å²) in [5, 5.41) is 0. The minimum atomic E-state index is 0. The maximum Gasteiger partial charge on any atom is 0 e. The van der Waals surface area contributed by atoms with Gasteiger partial charge in [-0.1, -0.05) is 96.3 Å². The molecule has 120 valence electrons. The second-order valence-corrected chi connectivity index (χ2v) is 5.91. The average molecular weight is 408 g/mol. The van der Waals surface area contributed by atoms with E-state index in [0.29, 0.717) is 6.54 Å². The molecule has 0 saturated carbocycles. The number of hydrogen-bond donors (Lipinski definition) is 0. The summed E-state index contributed by atoms with van der Waals surface area (Å²) >= 11 is 0. The first-order valence-corrected chi connectivity index (χ1v) is 8.85. The zero-order valence-corrected chi connectivity index (χ0v) is 16.9. The van der Waals surface area contributed by atoms with Crippen LogP contribution < -0.4 is 0 Å². The largest absolute Gasteiger partial charge is 0.677 e. The van der Waals surface area contributed by atoms with Gasteiger partial charge in [0.25, 0.3) is 0 Å². The molecule has 1 nitrogen and oxygen atoms in total. The van der Waals surface area contributed by atoms with Crippen LogP contribution in [-0.4, -0.2) is 6.54 Å². The topological polar surface area (TPSA) is 23.8 Å².